The molecule has 1 saturated carbocycles. The predicted molar refractivity (Wildman–Crippen MR) is 166 cm³/mol. The molecular weight excluding hydrogens is 566 g/mol. The number of rotatable bonds is 10. The molecule has 0 saturated heterocycles. The quantitative estimate of drug-likeness (QED) is 0.154. The molecule has 1 fully saturated rings. The van der Waals surface area contributed by atoms with Crippen molar-refractivity contribution in [2.45, 2.75) is 56.2 Å². The normalized spacial score (nSPS) is 17.0. The Kier molecular flexibility index (Phi) is 8.12. The van der Waals surface area contributed by atoms with Gasteiger partial charge in [0, 0.05) is 24.0 Å². The molecule has 1 aliphatic carbocycles. The zero-order valence-corrected chi connectivity index (χ0v) is 24.5. The lowest BCUT2D eigenvalue weighted by atomic mass is 9.93. The molecule has 0 atom stereocenters. The number of anilines is 4. The number of hydrogen-bond donors (Lipinski definition) is 4. The third kappa shape index (κ3) is 6.71. The highest BCUT2D eigenvalue weighted by Crippen LogP contribution is 2.28. The van der Waals surface area contributed by atoms with Gasteiger partial charge in [0.1, 0.15) is 11.5 Å². The van der Waals surface area contributed by atoms with Crippen LogP contribution in [0.15, 0.2) is 90.1 Å². The Bertz CT molecular complexity index is 1790. The Morgan fingerprint density at radius 2 is 1.56 bits per heavy atom. The van der Waals surface area contributed by atoms with E-state index >= 15 is 0 Å². The fourth-order valence-electron chi connectivity index (χ4n) is 5.01. The minimum Gasteiger partial charge on any atom is -0.457 e. The highest BCUT2D eigenvalue weighted by molar-refractivity contribution is 7.92. The summed E-state index contributed by atoms with van der Waals surface area (Å²) in [6.45, 7) is 2.72. The van der Waals surface area contributed by atoms with Crippen molar-refractivity contribution in [1.82, 2.24) is 19.5 Å². The van der Waals surface area contributed by atoms with Crippen LogP contribution in [0.3, 0.4) is 0 Å². The fraction of sp³-hybridized carbons (Fsp3) is 0.258. The molecule has 3 aromatic carbocycles. The van der Waals surface area contributed by atoms with Crippen molar-refractivity contribution >= 4 is 44.3 Å². The van der Waals surface area contributed by atoms with Crippen molar-refractivity contribution in [1.29, 1.82) is 0 Å². The number of benzene rings is 3. The minimum atomic E-state index is -3.82. The van der Waals surface area contributed by atoms with E-state index in [-0.39, 0.29) is 17.0 Å². The van der Waals surface area contributed by atoms with Gasteiger partial charge in [0.25, 0.3) is 10.0 Å². The largest absolute Gasteiger partial charge is 0.457 e. The van der Waals surface area contributed by atoms with Crippen molar-refractivity contribution in [2.24, 2.45) is 0 Å². The number of aliphatic hydroxyl groups is 1. The number of para-hydroxylation sites is 1. The van der Waals surface area contributed by atoms with Gasteiger partial charge < -0.3 is 25.0 Å². The molecule has 12 heteroatoms. The maximum Gasteiger partial charge on any atom is 0.261 e. The SMILES string of the molecule is CCn1cnc2c(Nc3ccc(S(=O)(=O)Nc4ccc(Oc5ccccc5)cc4)cc3)nc(NC3CCC(O)CC3)nc21. The van der Waals surface area contributed by atoms with E-state index in [1.54, 1.807) is 42.7 Å². The van der Waals surface area contributed by atoms with E-state index in [1.807, 2.05) is 41.8 Å². The summed E-state index contributed by atoms with van der Waals surface area (Å²) < 4.78 is 36.5. The number of ether oxygens (including phenoxy) is 1. The number of aromatic nitrogens is 4. The van der Waals surface area contributed by atoms with Gasteiger partial charge in [0.05, 0.1) is 17.3 Å². The van der Waals surface area contributed by atoms with Gasteiger partial charge in [-0.1, -0.05) is 18.2 Å². The van der Waals surface area contributed by atoms with Gasteiger partial charge >= 0.3 is 0 Å². The van der Waals surface area contributed by atoms with Crippen LogP contribution in [0.2, 0.25) is 0 Å². The molecule has 0 bridgehead atoms. The Morgan fingerprint density at radius 1 is 0.884 bits per heavy atom. The van der Waals surface area contributed by atoms with Crippen LogP contribution in [-0.4, -0.2) is 45.2 Å². The molecule has 0 unspecified atom stereocenters. The Morgan fingerprint density at radius 3 is 2.26 bits per heavy atom. The van der Waals surface area contributed by atoms with E-state index in [2.05, 4.69) is 20.3 Å². The number of nitrogens with one attached hydrogen (secondary N) is 3. The van der Waals surface area contributed by atoms with Crippen LogP contribution in [0.25, 0.3) is 11.2 Å². The standard InChI is InChI=1S/C31H33N7O4S/c1-2-38-20-32-28-29(35-31(36-30(28)38)34-22-8-14-24(39)15-9-22)33-21-12-18-27(19-13-21)43(40,41)37-23-10-16-26(17-11-23)42-25-6-4-3-5-7-25/h3-7,10-13,16-20,22,24,37,39H,2,8-9,14-15H2,1H3,(H2,33,34,35,36). The van der Waals surface area contributed by atoms with Crippen molar-refractivity contribution in [3.8, 4) is 11.5 Å². The first-order chi connectivity index (χ1) is 20.9. The van der Waals surface area contributed by atoms with Crippen molar-refractivity contribution in [3.63, 3.8) is 0 Å². The first kappa shape index (κ1) is 28.4. The molecule has 5 aromatic rings. The molecule has 0 aliphatic heterocycles. The number of aliphatic hydroxyl groups excluding tert-OH is 1. The number of sulfonamides is 1. The molecule has 6 rings (SSSR count). The van der Waals surface area contributed by atoms with Crippen LogP contribution in [-0.2, 0) is 16.6 Å². The predicted octanol–water partition coefficient (Wildman–Crippen LogP) is 5.90. The molecule has 0 amide bonds. The molecule has 2 aromatic heterocycles. The van der Waals surface area contributed by atoms with Gasteiger partial charge in [-0.2, -0.15) is 9.97 Å². The van der Waals surface area contributed by atoms with Gasteiger partial charge in [-0.25, -0.2) is 13.4 Å². The smallest absolute Gasteiger partial charge is 0.261 e. The average molecular weight is 600 g/mol. The third-order valence-corrected chi connectivity index (χ3v) is 8.74. The van der Waals surface area contributed by atoms with Gasteiger partial charge in [0.2, 0.25) is 5.95 Å². The summed E-state index contributed by atoms with van der Waals surface area (Å²) in [5, 5.41) is 16.6. The fourth-order valence-corrected chi connectivity index (χ4v) is 6.07. The summed E-state index contributed by atoms with van der Waals surface area (Å²) in [6, 6.07) is 22.7. The summed E-state index contributed by atoms with van der Waals surface area (Å²) in [5.74, 6) is 2.30. The lowest BCUT2D eigenvalue weighted by molar-refractivity contribution is 0.126. The van der Waals surface area contributed by atoms with Crippen LogP contribution in [0.1, 0.15) is 32.6 Å². The highest BCUT2D eigenvalue weighted by atomic mass is 32.2. The van der Waals surface area contributed by atoms with E-state index in [0.717, 1.165) is 25.7 Å². The molecule has 11 nitrogen and oxygen atoms in total. The zero-order chi connectivity index (χ0) is 29.8. The second kappa shape index (κ2) is 12.3. The number of hydrogen-bond acceptors (Lipinski definition) is 9. The summed E-state index contributed by atoms with van der Waals surface area (Å²) in [5.41, 5.74) is 2.38. The van der Waals surface area contributed by atoms with E-state index in [0.29, 0.717) is 52.3 Å². The van der Waals surface area contributed by atoms with Crippen LogP contribution in [0.5, 0.6) is 11.5 Å². The summed E-state index contributed by atoms with van der Waals surface area (Å²) in [7, 11) is -3.82. The topological polar surface area (TPSA) is 143 Å². The Balaban J connectivity index is 1.16. The van der Waals surface area contributed by atoms with Gasteiger partial charge in [-0.05, 0) is 93.3 Å². The van der Waals surface area contributed by atoms with Gasteiger partial charge in [-0.15, -0.1) is 0 Å². The lowest BCUT2D eigenvalue weighted by Gasteiger charge is -2.26. The molecule has 0 radical (unpaired) electrons. The monoisotopic (exact) mass is 599 g/mol. The van der Waals surface area contributed by atoms with Crippen LogP contribution >= 0.6 is 0 Å². The molecule has 2 heterocycles. The maximum absolute atomic E-state index is 13.1. The Hall–Kier alpha value is -4.68. The first-order valence-electron chi connectivity index (χ1n) is 14.3. The van der Waals surface area contributed by atoms with E-state index in [9.17, 15) is 13.5 Å². The maximum atomic E-state index is 13.1. The molecule has 43 heavy (non-hydrogen) atoms. The molecule has 222 valence electrons. The Labute approximate surface area is 250 Å². The number of aryl methyl sites for hydroxylation is 1. The van der Waals surface area contributed by atoms with Gasteiger partial charge in [0.15, 0.2) is 17.0 Å². The van der Waals surface area contributed by atoms with E-state index in [1.165, 1.54) is 12.1 Å². The van der Waals surface area contributed by atoms with E-state index in [4.69, 9.17) is 14.7 Å². The average Bonchev–Trinajstić information content (AvgIpc) is 3.43. The number of fused-ring (bicyclic) bond motifs is 1. The highest BCUT2D eigenvalue weighted by Gasteiger charge is 2.22. The van der Waals surface area contributed by atoms with Crippen LogP contribution < -0.4 is 20.1 Å². The number of imidazole rings is 1. The molecule has 4 N–H and O–H groups in total. The van der Waals surface area contributed by atoms with Crippen molar-refractivity contribution < 1.29 is 18.3 Å². The van der Waals surface area contributed by atoms with Crippen LogP contribution in [0.4, 0.5) is 23.1 Å². The lowest BCUT2D eigenvalue weighted by Crippen LogP contribution is -2.29. The van der Waals surface area contributed by atoms with Crippen molar-refractivity contribution in [3.05, 3.63) is 85.2 Å². The minimum absolute atomic E-state index is 0.118. The second-order valence-corrected chi connectivity index (χ2v) is 12.1. The molecular formula is C31H33N7O4S. The van der Waals surface area contributed by atoms with Crippen LogP contribution in [0, 0.1) is 0 Å². The second-order valence-electron chi connectivity index (χ2n) is 10.4. The number of nitrogens with zero attached hydrogens (tertiary/aromatic N) is 4. The van der Waals surface area contributed by atoms with Crippen molar-refractivity contribution in [2.75, 3.05) is 15.4 Å². The first-order valence-corrected chi connectivity index (χ1v) is 15.7. The summed E-state index contributed by atoms with van der Waals surface area (Å²) in [6.07, 6.45) is 4.66. The molecule has 1 aliphatic rings. The van der Waals surface area contributed by atoms with E-state index < -0.39 is 10.0 Å². The molecule has 0 spiro atoms. The third-order valence-electron chi connectivity index (χ3n) is 7.35. The van der Waals surface area contributed by atoms with Gasteiger partial charge in [-0.3, -0.25) is 4.72 Å². The summed E-state index contributed by atoms with van der Waals surface area (Å²) >= 11 is 0. The summed E-state index contributed by atoms with van der Waals surface area (Å²) in [4.78, 5) is 14.1. The zero-order valence-electron chi connectivity index (χ0n) is 23.6.